The zero-order valence-corrected chi connectivity index (χ0v) is 23.2. The minimum absolute atomic E-state index is 0.236. The van der Waals surface area contributed by atoms with Gasteiger partial charge in [0.25, 0.3) is 5.91 Å². The van der Waals surface area contributed by atoms with Crippen LogP contribution in [0.2, 0.25) is 5.02 Å². The smallest absolute Gasteiger partial charge is 0.340 e. The largest absolute Gasteiger partial charge is 0.493 e. The average molecular weight is 535 g/mol. The first-order valence-electron chi connectivity index (χ1n) is 12.2. The predicted octanol–water partition coefficient (Wildman–Crippen LogP) is 5.68. The van der Waals surface area contributed by atoms with E-state index in [1.807, 2.05) is 62.4 Å². The fraction of sp³-hybridized carbons (Fsp3) is 0.267. The molecular formula is C30H31ClN2O5. The summed E-state index contributed by atoms with van der Waals surface area (Å²) in [6, 6.07) is 15.2. The number of carbonyl (C=O) groups is 2. The van der Waals surface area contributed by atoms with Crippen molar-refractivity contribution in [2.24, 2.45) is 0 Å². The summed E-state index contributed by atoms with van der Waals surface area (Å²) >= 11 is 6.07. The Hall–Kier alpha value is -3.97. The highest BCUT2D eigenvalue weighted by Gasteiger charge is 2.37. The van der Waals surface area contributed by atoms with Crippen molar-refractivity contribution < 1.29 is 23.8 Å². The number of hydrogen-bond donors (Lipinski definition) is 0. The fourth-order valence-electron chi connectivity index (χ4n) is 4.85. The molecule has 198 valence electrons. The Balaban J connectivity index is 1.68. The normalized spacial score (nSPS) is 14.4. The zero-order chi connectivity index (χ0) is 27.6. The highest BCUT2D eigenvalue weighted by atomic mass is 35.5. The van der Waals surface area contributed by atoms with Crippen LogP contribution < -0.4 is 9.47 Å². The van der Waals surface area contributed by atoms with Crippen LogP contribution in [0.1, 0.15) is 29.4 Å². The number of allylic oxidation sites excluding steroid dienone is 1. The molecule has 0 radical (unpaired) electrons. The Bertz CT molecular complexity index is 1450. The number of halogens is 1. The molecule has 0 spiro atoms. The van der Waals surface area contributed by atoms with E-state index < -0.39 is 5.97 Å². The summed E-state index contributed by atoms with van der Waals surface area (Å²) in [6.45, 7) is 6.15. The van der Waals surface area contributed by atoms with Gasteiger partial charge in [0, 0.05) is 34.3 Å². The second-order valence-corrected chi connectivity index (χ2v) is 9.48. The standard InChI is InChI=1S/C30H31ClN2O5/c1-18-15-22(19(2)33(18)24-10-8-23(31)9-11-24)17-25-28(30(35)38-6)20(3)32(29(25)34)14-13-21-7-12-26(36-4)27(16-21)37-5/h7-12,15-17H,13-14H2,1-6H3/b25-17-. The lowest BCUT2D eigenvalue weighted by Gasteiger charge is -2.18. The molecular weight excluding hydrogens is 504 g/mol. The summed E-state index contributed by atoms with van der Waals surface area (Å²) in [5.41, 5.74) is 5.88. The Morgan fingerprint density at radius 2 is 1.63 bits per heavy atom. The van der Waals surface area contributed by atoms with Gasteiger partial charge in [0.05, 0.1) is 32.5 Å². The van der Waals surface area contributed by atoms with Crippen molar-refractivity contribution in [1.82, 2.24) is 9.47 Å². The first-order valence-corrected chi connectivity index (χ1v) is 12.6. The zero-order valence-electron chi connectivity index (χ0n) is 22.4. The van der Waals surface area contributed by atoms with E-state index in [9.17, 15) is 9.59 Å². The molecule has 1 amide bonds. The van der Waals surface area contributed by atoms with Crippen LogP contribution in [0.5, 0.6) is 11.5 Å². The molecule has 1 aromatic heterocycles. The van der Waals surface area contributed by atoms with Gasteiger partial charge in [-0.25, -0.2) is 4.79 Å². The number of esters is 1. The van der Waals surface area contributed by atoms with Crippen molar-refractivity contribution in [3.63, 3.8) is 0 Å². The summed E-state index contributed by atoms with van der Waals surface area (Å²) < 4.78 is 17.9. The summed E-state index contributed by atoms with van der Waals surface area (Å²) in [7, 11) is 4.50. The molecule has 3 aromatic rings. The van der Waals surface area contributed by atoms with Gasteiger partial charge in [-0.15, -0.1) is 0 Å². The van der Waals surface area contributed by atoms with Crippen molar-refractivity contribution >= 4 is 29.6 Å². The number of nitrogens with zero attached hydrogens (tertiary/aromatic N) is 2. The molecule has 7 nitrogen and oxygen atoms in total. The van der Waals surface area contributed by atoms with Gasteiger partial charge in [-0.05, 0) is 86.9 Å². The van der Waals surface area contributed by atoms with Gasteiger partial charge in [0.2, 0.25) is 0 Å². The molecule has 38 heavy (non-hydrogen) atoms. The number of carbonyl (C=O) groups excluding carboxylic acids is 2. The van der Waals surface area contributed by atoms with E-state index in [4.69, 9.17) is 25.8 Å². The van der Waals surface area contributed by atoms with Gasteiger partial charge in [0.1, 0.15) is 0 Å². The molecule has 0 saturated heterocycles. The lowest BCUT2D eigenvalue weighted by atomic mass is 10.0. The number of amides is 1. The van der Waals surface area contributed by atoms with Crippen molar-refractivity contribution in [2.75, 3.05) is 27.9 Å². The van der Waals surface area contributed by atoms with Gasteiger partial charge in [-0.3, -0.25) is 4.79 Å². The molecule has 1 aliphatic heterocycles. The van der Waals surface area contributed by atoms with Gasteiger partial charge in [-0.2, -0.15) is 0 Å². The minimum Gasteiger partial charge on any atom is -0.493 e. The van der Waals surface area contributed by atoms with Crippen LogP contribution in [0.4, 0.5) is 0 Å². The lowest BCUT2D eigenvalue weighted by molar-refractivity contribution is -0.136. The minimum atomic E-state index is -0.540. The Labute approximate surface area is 227 Å². The quantitative estimate of drug-likeness (QED) is 0.275. The maximum absolute atomic E-state index is 13.6. The third kappa shape index (κ3) is 5.07. The van der Waals surface area contributed by atoms with Crippen LogP contribution in [0, 0.1) is 13.8 Å². The second kappa shape index (κ2) is 11.2. The van der Waals surface area contributed by atoms with Crippen LogP contribution in [0.15, 0.2) is 65.4 Å². The van der Waals surface area contributed by atoms with E-state index in [0.29, 0.717) is 40.8 Å². The van der Waals surface area contributed by atoms with E-state index in [2.05, 4.69) is 4.57 Å². The summed E-state index contributed by atoms with van der Waals surface area (Å²) in [5.74, 6) is 0.484. The van der Waals surface area contributed by atoms with Crippen LogP contribution in [0.3, 0.4) is 0 Å². The molecule has 0 atom stereocenters. The van der Waals surface area contributed by atoms with Gasteiger partial charge < -0.3 is 23.7 Å². The van der Waals surface area contributed by atoms with Crippen molar-refractivity contribution in [3.05, 3.63) is 92.9 Å². The number of aromatic nitrogens is 1. The molecule has 2 aromatic carbocycles. The third-order valence-corrected chi connectivity index (χ3v) is 7.08. The number of benzene rings is 2. The van der Waals surface area contributed by atoms with Crippen LogP contribution in [-0.2, 0) is 20.7 Å². The molecule has 0 aliphatic carbocycles. The first-order chi connectivity index (χ1) is 18.2. The lowest BCUT2D eigenvalue weighted by Crippen LogP contribution is -2.27. The number of rotatable bonds is 8. The summed E-state index contributed by atoms with van der Waals surface area (Å²) in [6.07, 6.45) is 2.35. The maximum atomic E-state index is 13.6. The summed E-state index contributed by atoms with van der Waals surface area (Å²) in [4.78, 5) is 28.1. The van der Waals surface area contributed by atoms with Crippen molar-refractivity contribution in [3.8, 4) is 17.2 Å². The predicted molar refractivity (Wildman–Crippen MR) is 148 cm³/mol. The van der Waals surface area contributed by atoms with Gasteiger partial charge in [-0.1, -0.05) is 17.7 Å². The Morgan fingerprint density at radius 3 is 2.26 bits per heavy atom. The van der Waals surface area contributed by atoms with E-state index in [0.717, 1.165) is 28.2 Å². The van der Waals surface area contributed by atoms with Crippen LogP contribution in [-0.4, -0.2) is 49.2 Å². The van der Waals surface area contributed by atoms with Crippen molar-refractivity contribution in [1.29, 1.82) is 0 Å². The molecule has 2 heterocycles. The molecule has 0 unspecified atom stereocenters. The molecule has 0 saturated carbocycles. The van der Waals surface area contributed by atoms with Gasteiger partial charge in [0.15, 0.2) is 11.5 Å². The Kier molecular flexibility index (Phi) is 7.97. The van der Waals surface area contributed by atoms with E-state index in [1.54, 1.807) is 32.1 Å². The number of ether oxygens (including phenoxy) is 3. The number of aryl methyl sites for hydroxylation is 1. The molecule has 1 aliphatic rings. The van der Waals surface area contributed by atoms with Crippen molar-refractivity contribution in [2.45, 2.75) is 27.2 Å². The van der Waals surface area contributed by atoms with Crippen LogP contribution in [0.25, 0.3) is 11.8 Å². The average Bonchev–Trinajstić information content (AvgIpc) is 3.33. The monoisotopic (exact) mass is 534 g/mol. The van der Waals surface area contributed by atoms with Gasteiger partial charge >= 0.3 is 5.97 Å². The highest BCUT2D eigenvalue weighted by Crippen LogP contribution is 2.34. The molecule has 8 heteroatoms. The maximum Gasteiger partial charge on any atom is 0.340 e. The highest BCUT2D eigenvalue weighted by molar-refractivity contribution is 6.30. The molecule has 4 rings (SSSR count). The third-order valence-electron chi connectivity index (χ3n) is 6.83. The Morgan fingerprint density at radius 1 is 0.947 bits per heavy atom. The number of methoxy groups -OCH3 is 3. The van der Waals surface area contributed by atoms with Crippen LogP contribution >= 0.6 is 11.6 Å². The van der Waals surface area contributed by atoms with E-state index >= 15 is 0 Å². The number of hydrogen-bond acceptors (Lipinski definition) is 5. The molecule has 0 fully saturated rings. The SMILES string of the molecule is COC(=O)C1=C(C)N(CCc2ccc(OC)c(OC)c2)C(=O)/C1=C\c1cc(C)n(-c2ccc(Cl)cc2)c1C. The van der Waals surface area contributed by atoms with E-state index in [-0.39, 0.29) is 11.5 Å². The van der Waals surface area contributed by atoms with E-state index in [1.165, 1.54) is 7.11 Å². The molecule has 0 bridgehead atoms. The topological polar surface area (TPSA) is 70.0 Å². The first kappa shape index (κ1) is 27.1. The fourth-order valence-corrected chi connectivity index (χ4v) is 4.98. The molecule has 0 N–H and O–H groups in total. The second-order valence-electron chi connectivity index (χ2n) is 9.04. The summed E-state index contributed by atoms with van der Waals surface area (Å²) in [5, 5.41) is 0.659.